The van der Waals surface area contributed by atoms with Gasteiger partial charge < -0.3 is 0 Å². The summed E-state index contributed by atoms with van der Waals surface area (Å²) in [5.74, 6) is 0.834. The van der Waals surface area contributed by atoms with Crippen LogP contribution in [0.3, 0.4) is 0 Å². The van der Waals surface area contributed by atoms with Crippen LogP contribution in [0.2, 0.25) is 0 Å². The number of aromatic nitrogens is 3. The molecule has 4 aromatic rings. The minimum atomic E-state index is 0.0923. The number of amides is 1. The molecule has 0 saturated carbocycles. The SMILES string of the molecule is O=C(CCSc1ccccc1)N(CCn1cccn1)c1nc2ccccc2s1. The molecule has 2 heterocycles. The van der Waals surface area contributed by atoms with Gasteiger partial charge >= 0.3 is 0 Å². The van der Waals surface area contributed by atoms with E-state index in [1.165, 1.54) is 4.90 Å². The monoisotopic (exact) mass is 408 g/mol. The number of carbonyl (C=O) groups excluding carboxylic acids is 1. The van der Waals surface area contributed by atoms with Crippen molar-refractivity contribution < 1.29 is 4.79 Å². The number of thioether (sulfide) groups is 1. The van der Waals surface area contributed by atoms with E-state index in [1.807, 2.05) is 59.4 Å². The summed E-state index contributed by atoms with van der Waals surface area (Å²) in [6, 6.07) is 20.0. The average Bonchev–Trinajstić information content (AvgIpc) is 3.38. The molecule has 0 aliphatic heterocycles. The van der Waals surface area contributed by atoms with Crippen molar-refractivity contribution in [2.24, 2.45) is 0 Å². The Bertz CT molecular complexity index is 998. The molecule has 142 valence electrons. The Labute approximate surface area is 172 Å². The smallest absolute Gasteiger partial charge is 0.229 e. The number of rotatable bonds is 8. The average molecular weight is 409 g/mol. The maximum absolute atomic E-state index is 13.0. The number of benzene rings is 2. The van der Waals surface area contributed by atoms with Gasteiger partial charge in [-0.1, -0.05) is 41.7 Å². The number of nitrogens with zero attached hydrogens (tertiary/aromatic N) is 4. The number of fused-ring (bicyclic) bond motifs is 1. The van der Waals surface area contributed by atoms with E-state index >= 15 is 0 Å². The van der Waals surface area contributed by atoms with Crippen molar-refractivity contribution >= 4 is 44.4 Å². The molecule has 0 unspecified atom stereocenters. The topological polar surface area (TPSA) is 51.0 Å². The van der Waals surface area contributed by atoms with Gasteiger partial charge in [-0.05, 0) is 30.3 Å². The van der Waals surface area contributed by atoms with Crippen molar-refractivity contribution in [3.63, 3.8) is 0 Å². The summed E-state index contributed by atoms with van der Waals surface area (Å²) in [6.45, 7) is 1.19. The number of anilines is 1. The van der Waals surface area contributed by atoms with E-state index in [9.17, 15) is 4.79 Å². The Morgan fingerprint density at radius 1 is 1.07 bits per heavy atom. The molecule has 28 heavy (non-hydrogen) atoms. The molecule has 0 fully saturated rings. The second kappa shape index (κ2) is 9.03. The fourth-order valence-electron chi connectivity index (χ4n) is 2.85. The Morgan fingerprint density at radius 2 is 1.89 bits per heavy atom. The van der Waals surface area contributed by atoms with Crippen molar-refractivity contribution in [3.8, 4) is 0 Å². The molecule has 4 rings (SSSR count). The van der Waals surface area contributed by atoms with E-state index in [0.717, 1.165) is 21.1 Å². The summed E-state index contributed by atoms with van der Waals surface area (Å²) in [4.78, 5) is 20.7. The lowest BCUT2D eigenvalue weighted by Gasteiger charge is -2.20. The van der Waals surface area contributed by atoms with Gasteiger partial charge in [0, 0.05) is 36.0 Å². The quantitative estimate of drug-likeness (QED) is 0.396. The minimum absolute atomic E-state index is 0.0923. The van der Waals surface area contributed by atoms with Gasteiger partial charge in [0.05, 0.1) is 16.8 Å². The normalized spacial score (nSPS) is 11.0. The maximum atomic E-state index is 13.0. The van der Waals surface area contributed by atoms with E-state index in [0.29, 0.717) is 19.5 Å². The predicted octanol–water partition coefficient (Wildman–Crippen LogP) is 4.71. The summed E-state index contributed by atoms with van der Waals surface area (Å²) in [5, 5.41) is 5.00. The highest BCUT2D eigenvalue weighted by Gasteiger charge is 2.19. The highest BCUT2D eigenvalue weighted by Crippen LogP contribution is 2.29. The van der Waals surface area contributed by atoms with Gasteiger partial charge in [-0.15, -0.1) is 11.8 Å². The van der Waals surface area contributed by atoms with Gasteiger partial charge in [0.1, 0.15) is 0 Å². The molecule has 2 aromatic carbocycles. The minimum Gasteiger partial charge on any atom is -0.286 e. The molecule has 0 radical (unpaired) electrons. The summed E-state index contributed by atoms with van der Waals surface area (Å²) in [5.41, 5.74) is 0.929. The molecule has 0 atom stereocenters. The lowest BCUT2D eigenvalue weighted by Crippen LogP contribution is -2.34. The van der Waals surface area contributed by atoms with E-state index in [4.69, 9.17) is 0 Å². The van der Waals surface area contributed by atoms with Crippen LogP contribution in [0.4, 0.5) is 5.13 Å². The molecular formula is C21H20N4OS2. The van der Waals surface area contributed by atoms with Crippen molar-refractivity contribution in [3.05, 3.63) is 73.1 Å². The van der Waals surface area contributed by atoms with Crippen LogP contribution in [0.1, 0.15) is 6.42 Å². The molecule has 0 saturated heterocycles. The second-order valence-electron chi connectivity index (χ2n) is 6.19. The van der Waals surface area contributed by atoms with Crippen LogP contribution < -0.4 is 4.90 Å². The summed E-state index contributed by atoms with van der Waals surface area (Å²) >= 11 is 3.26. The Balaban J connectivity index is 1.47. The molecule has 5 nitrogen and oxygen atoms in total. The second-order valence-corrected chi connectivity index (χ2v) is 8.37. The number of carbonyl (C=O) groups is 1. The molecule has 0 bridgehead atoms. The molecule has 0 spiro atoms. The zero-order valence-corrected chi connectivity index (χ0v) is 16.9. The first-order chi connectivity index (χ1) is 13.8. The predicted molar refractivity (Wildman–Crippen MR) is 116 cm³/mol. The Hall–Kier alpha value is -2.64. The van der Waals surface area contributed by atoms with Crippen LogP contribution in [0.5, 0.6) is 0 Å². The number of thiazole rings is 1. The van der Waals surface area contributed by atoms with E-state index in [2.05, 4.69) is 22.2 Å². The van der Waals surface area contributed by atoms with Gasteiger partial charge in [0.25, 0.3) is 0 Å². The van der Waals surface area contributed by atoms with E-state index in [1.54, 1.807) is 34.2 Å². The van der Waals surface area contributed by atoms with Crippen molar-refractivity contribution in [2.75, 3.05) is 17.2 Å². The highest BCUT2D eigenvalue weighted by atomic mass is 32.2. The third kappa shape index (κ3) is 4.61. The van der Waals surface area contributed by atoms with E-state index in [-0.39, 0.29) is 5.91 Å². The standard InChI is InChI=1S/C21H20N4OS2/c26-20(11-16-27-17-7-2-1-3-8-17)25(15-14-24-13-6-12-22-24)21-23-18-9-4-5-10-19(18)28-21/h1-10,12-13H,11,14-16H2. The zero-order valence-electron chi connectivity index (χ0n) is 15.3. The van der Waals surface area contributed by atoms with Crippen LogP contribution in [0.15, 0.2) is 78.0 Å². The molecule has 7 heteroatoms. The zero-order chi connectivity index (χ0) is 19.2. The first-order valence-electron chi connectivity index (χ1n) is 9.11. The van der Waals surface area contributed by atoms with Crippen LogP contribution in [0.25, 0.3) is 10.2 Å². The molecule has 0 aliphatic carbocycles. The van der Waals surface area contributed by atoms with Crippen LogP contribution in [0, 0.1) is 0 Å². The van der Waals surface area contributed by atoms with Crippen molar-refractivity contribution in [2.45, 2.75) is 17.9 Å². The number of hydrogen-bond acceptors (Lipinski definition) is 5. The van der Waals surface area contributed by atoms with Crippen LogP contribution in [-0.2, 0) is 11.3 Å². The van der Waals surface area contributed by atoms with Gasteiger partial charge in [-0.3, -0.25) is 14.4 Å². The number of para-hydroxylation sites is 1. The van der Waals surface area contributed by atoms with Gasteiger partial charge in [-0.25, -0.2) is 4.98 Å². The molecule has 0 aliphatic rings. The van der Waals surface area contributed by atoms with Gasteiger partial charge in [-0.2, -0.15) is 5.10 Å². The molecule has 1 amide bonds. The molecule has 0 N–H and O–H groups in total. The third-order valence-electron chi connectivity index (χ3n) is 4.25. The first kappa shape index (κ1) is 18.7. The number of hydrogen-bond donors (Lipinski definition) is 0. The van der Waals surface area contributed by atoms with Crippen molar-refractivity contribution in [1.29, 1.82) is 0 Å². The van der Waals surface area contributed by atoms with Crippen LogP contribution >= 0.6 is 23.1 Å². The van der Waals surface area contributed by atoms with Gasteiger partial charge in [0.15, 0.2) is 5.13 Å². The Morgan fingerprint density at radius 3 is 2.68 bits per heavy atom. The fraction of sp³-hybridized carbons (Fsp3) is 0.190. The third-order valence-corrected chi connectivity index (χ3v) is 6.33. The summed E-state index contributed by atoms with van der Waals surface area (Å²) in [7, 11) is 0. The lowest BCUT2D eigenvalue weighted by molar-refractivity contribution is -0.118. The lowest BCUT2D eigenvalue weighted by atomic mass is 10.3. The van der Waals surface area contributed by atoms with Crippen LogP contribution in [-0.4, -0.2) is 33.0 Å². The molecular weight excluding hydrogens is 388 g/mol. The summed E-state index contributed by atoms with van der Waals surface area (Å²) < 4.78 is 2.93. The Kier molecular flexibility index (Phi) is 6.04. The van der Waals surface area contributed by atoms with E-state index < -0.39 is 0 Å². The first-order valence-corrected chi connectivity index (χ1v) is 10.9. The highest BCUT2D eigenvalue weighted by molar-refractivity contribution is 7.99. The largest absolute Gasteiger partial charge is 0.286 e. The van der Waals surface area contributed by atoms with Gasteiger partial charge in [0.2, 0.25) is 5.91 Å². The maximum Gasteiger partial charge on any atom is 0.229 e. The fourth-order valence-corrected chi connectivity index (χ4v) is 4.72. The molecule has 2 aromatic heterocycles. The summed E-state index contributed by atoms with van der Waals surface area (Å²) in [6.07, 6.45) is 4.13. The van der Waals surface area contributed by atoms with Crippen molar-refractivity contribution in [1.82, 2.24) is 14.8 Å².